The van der Waals surface area contributed by atoms with Crippen molar-refractivity contribution in [1.29, 1.82) is 0 Å². The second-order valence-corrected chi connectivity index (χ2v) is 6.42. The van der Waals surface area contributed by atoms with Crippen LogP contribution in [-0.2, 0) is 15.5 Å². The van der Waals surface area contributed by atoms with Crippen molar-refractivity contribution in [3.63, 3.8) is 0 Å². The highest BCUT2D eigenvalue weighted by molar-refractivity contribution is 6.59. The first kappa shape index (κ1) is 23.8. The zero-order chi connectivity index (χ0) is 22.9. The van der Waals surface area contributed by atoms with Crippen molar-refractivity contribution in [1.82, 2.24) is 9.97 Å². The monoisotopic (exact) mass is 415 g/mol. The predicted octanol–water partition coefficient (Wildman–Crippen LogP) is 0.260. The van der Waals surface area contributed by atoms with Crippen molar-refractivity contribution in [2.24, 2.45) is 0 Å². The van der Waals surface area contributed by atoms with E-state index >= 15 is 0 Å². The van der Waals surface area contributed by atoms with E-state index in [0.717, 1.165) is 24.4 Å². The summed E-state index contributed by atoms with van der Waals surface area (Å²) in [6, 6.07) is 2.75. The molecule has 1 aromatic carbocycles. The number of aliphatic hydroxyl groups excluding tert-OH is 1. The van der Waals surface area contributed by atoms with Crippen molar-refractivity contribution < 1.29 is 32.9 Å². The molecule has 1 unspecified atom stereocenters. The minimum atomic E-state index is -5.21. The number of nitrogens with two attached hydrogens (primary N) is 1. The fraction of sp³-hybridized carbons (Fsp3) is 0.353. The Kier molecular flexibility index (Phi) is 6.58. The zero-order valence-electron chi connectivity index (χ0n) is 15.8. The highest BCUT2D eigenvalue weighted by Gasteiger charge is 2.55. The lowest BCUT2D eigenvalue weighted by Gasteiger charge is -2.31. The van der Waals surface area contributed by atoms with Gasteiger partial charge in [-0.3, -0.25) is 0 Å². The normalized spacial score (nSPS) is 14.2. The molecular weight excluding hydrogens is 400 g/mol. The summed E-state index contributed by atoms with van der Waals surface area (Å²) in [5.74, 6) is -1.19. The Morgan fingerprint density at radius 3 is 2.40 bits per heavy atom. The van der Waals surface area contributed by atoms with Gasteiger partial charge < -0.3 is 20.7 Å². The van der Waals surface area contributed by atoms with Crippen LogP contribution in [0.25, 0.3) is 11.3 Å². The molecule has 2 rings (SSSR count). The molecule has 6 radical (unpaired) electrons. The van der Waals surface area contributed by atoms with Crippen LogP contribution < -0.4 is 5.73 Å². The van der Waals surface area contributed by atoms with Gasteiger partial charge in [-0.1, -0.05) is 17.7 Å². The number of ether oxygens (including phenoxy) is 1. The van der Waals surface area contributed by atoms with Gasteiger partial charge in [-0.05, 0) is 18.6 Å². The summed E-state index contributed by atoms with van der Waals surface area (Å²) in [5.41, 5.74) is 0.484. The number of hydrogen-bond acceptors (Lipinski definition) is 7. The van der Waals surface area contributed by atoms with Crippen LogP contribution in [0.15, 0.2) is 24.4 Å². The predicted molar refractivity (Wildman–Crippen MR) is 104 cm³/mol. The summed E-state index contributed by atoms with van der Waals surface area (Å²) in [6.45, 7) is -0.0984. The molecule has 0 amide bonds. The molecule has 0 aliphatic heterocycles. The third-order valence-electron chi connectivity index (χ3n) is 4.21. The smallest absolute Gasteiger partial charge is 0.423 e. The van der Waals surface area contributed by atoms with Crippen LogP contribution >= 0.6 is 0 Å². The lowest BCUT2D eigenvalue weighted by molar-refractivity contribution is -0.277. The van der Waals surface area contributed by atoms with Crippen molar-refractivity contribution in [2.75, 3.05) is 18.9 Å². The second kappa shape index (κ2) is 8.31. The van der Waals surface area contributed by atoms with Gasteiger partial charge in [0.2, 0.25) is 5.60 Å². The number of aliphatic hydroxyl groups is 2. The molecule has 7 nitrogen and oxygen atoms in total. The quantitative estimate of drug-likeness (QED) is 0.458. The summed E-state index contributed by atoms with van der Waals surface area (Å²) < 4.78 is 45.0. The third-order valence-corrected chi connectivity index (χ3v) is 4.21. The number of carbonyl (C=O) groups excluding carboxylic acids is 1. The maximum absolute atomic E-state index is 13.4. The number of nitrogen functional groups attached to an aromatic ring is 1. The van der Waals surface area contributed by atoms with E-state index < -0.39 is 40.7 Å². The number of aromatic nitrogens is 2. The molecule has 0 aliphatic rings. The van der Waals surface area contributed by atoms with Gasteiger partial charge in [-0.25, -0.2) is 14.8 Å². The lowest BCUT2D eigenvalue weighted by Crippen LogP contribution is -2.45. The number of halogens is 3. The molecule has 0 saturated carbocycles. The zero-order valence-corrected chi connectivity index (χ0v) is 15.8. The molecule has 0 bridgehead atoms. The SMILES string of the molecule is [B]C([B])([B])c1ccc(C(O)(CO)C(F)(F)F)cc1-c1cnc(N)c(C(=O)OCC)n1. The highest BCUT2D eigenvalue weighted by atomic mass is 19.4. The number of benzene rings is 1. The van der Waals surface area contributed by atoms with E-state index in [9.17, 15) is 28.2 Å². The van der Waals surface area contributed by atoms with E-state index in [-0.39, 0.29) is 29.2 Å². The Hall–Kier alpha value is -2.53. The minimum absolute atomic E-state index is 0.0115. The summed E-state index contributed by atoms with van der Waals surface area (Å²) in [5, 5.41) is 17.2. The Balaban J connectivity index is 2.78. The Morgan fingerprint density at radius 2 is 1.90 bits per heavy atom. The largest absolute Gasteiger partial charge is 0.461 e. The van der Waals surface area contributed by atoms with E-state index in [1.807, 2.05) is 0 Å². The first-order valence-corrected chi connectivity index (χ1v) is 8.47. The molecule has 0 fully saturated rings. The van der Waals surface area contributed by atoms with Crippen LogP contribution in [0.3, 0.4) is 0 Å². The molecule has 1 heterocycles. The van der Waals surface area contributed by atoms with E-state index in [1.165, 1.54) is 0 Å². The van der Waals surface area contributed by atoms with E-state index in [1.54, 1.807) is 6.92 Å². The van der Waals surface area contributed by atoms with Gasteiger partial charge in [0.05, 0.1) is 48.6 Å². The number of rotatable bonds is 6. The second-order valence-electron chi connectivity index (χ2n) is 6.42. The Morgan fingerprint density at radius 1 is 1.27 bits per heavy atom. The maximum Gasteiger partial charge on any atom is 0.423 e. The highest BCUT2D eigenvalue weighted by Crippen LogP contribution is 2.41. The van der Waals surface area contributed by atoms with Crippen molar-refractivity contribution in [2.45, 2.75) is 23.8 Å². The molecule has 152 valence electrons. The van der Waals surface area contributed by atoms with Crippen molar-refractivity contribution in [3.8, 4) is 11.3 Å². The molecule has 1 aromatic heterocycles. The van der Waals surface area contributed by atoms with Crippen LogP contribution in [0.5, 0.6) is 0 Å². The van der Waals surface area contributed by atoms with Crippen LogP contribution in [0.4, 0.5) is 19.0 Å². The maximum atomic E-state index is 13.4. The molecule has 4 N–H and O–H groups in total. The summed E-state index contributed by atoms with van der Waals surface area (Å²) >= 11 is 0. The first-order chi connectivity index (χ1) is 13.8. The summed E-state index contributed by atoms with van der Waals surface area (Å²) in [6.07, 6.45) is -4.16. The Labute approximate surface area is 174 Å². The number of hydrogen-bond donors (Lipinski definition) is 3. The lowest BCUT2D eigenvalue weighted by atomic mass is 9.39. The molecule has 30 heavy (non-hydrogen) atoms. The standard InChI is InChI=1S/C17H15B3F3N3O4/c1-2-30-14(28)12-13(24)25-6-11(26-12)9-5-8(3-4-10(9)16(18,19)20)15(29,7-27)17(21,22)23/h3-6,27,29H,2,7H2,1H3,(H2,24,25). The fourth-order valence-corrected chi connectivity index (χ4v) is 2.61. The molecule has 13 heteroatoms. The van der Waals surface area contributed by atoms with Crippen LogP contribution in [-0.4, -0.2) is 69.1 Å². The number of esters is 1. The topological polar surface area (TPSA) is 119 Å². The fourth-order valence-electron chi connectivity index (χ4n) is 2.61. The van der Waals surface area contributed by atoms with Gasteiger partial charge in [0, 0.05) is 5.56 Å². The van der Waals surface area contributed by atoms with Gasteiger partial charge >= 0.3 is 12.1 Å². The number of nitrogens with zero attached hydrogens (tertiary/aromatic N) is 2. The van der Waals surface area contributed by atoms with E-state index in [4.69, 9.17) is 34.0 Å². The van der Waals surface area contributed by atoms with Crippen molar-refractivity contribution >= 4 is 35.3 Å². The van der Waals surface area contributed by atoms with Crippen molar-refractivity contribution in [3.05, 3.63) is 41.2 Å². The van der Waals surface area contributed by atoms with E-state index in [2.05, 4.69) is 9.97 Å². The van der Waals surface area contributed by atoms with Gasteiger partial charge in [0.25, 0.3) is 0 Å². The number of anilines is 1. The number of carbonyl (C=O) groups is 1. The molecule has 1 atom stereocenters. The molecule has 0 saturated heterocycles. The Bertz CT molecular complexity index is 954. The third kappa shape index (κ3) is 4.46. The molecular formula is C17H15B3F3N3O4. The summed E-state index contributed by atoms with van der Waals surface area (Å²) in [7, 11) is 17.1. The van der Waals surface area contributed by atoms with Crippen LogP contribution in [0.2, 0.25) is 0 Å². The van der Waals surface area contributed by atoms with Crippen LogP contribution in [0.1, 0.15) is 28.5 Å². The minimum Gasteiger partial charge on any atom is -0.461 e. The molecule has 2 aromatic rings. The average Bonchev–Trinajstić information content (AvgIpc) is 2.65. The first-order valence-electron chi connectivity index (χ1n) is 8.47. The van der Waals surface area contributed by atoms with Gasteiger partial charge in [-0.2, -0.15) is 13.2 Å². The summed E-state index contributed by atoms with van der Waals surface area (Å²) in [4.78, 5) is 19.8. The average molecular weight is 415 g/mol. The van der Waals surface area contributed by atoms with Gasteiger partial charge in [-0.15, -0.1) is 5.11 Å². The number of alkyl halides is 3. The van der Waals surface area contributed by atoms with Gasteiger partial charge in [0.15, 0.2) is 11.5 Å². The van der Waals surface area contributed by atoms with Crippen LogP contribution in [0, 0.1) is 0 Å². The molecule has 0 aliphatic carbocycles. The van der Waals surface area contributed by atoms with E-state index in [0.29, 0.717) is 0 Å². The van der Waals surface area contributed by atoms with Gasteiger partial charge in [0.1, 0.15) is 0 Å². The molecule has 0 spiro atoms.